The number of fused-ring (bicyclic) bond motifs is 2. The maximum absolute atomic E-state index is 12.6. The quantitative estimate of drug-likeness (QED) is 0.383. The van der Waals surface area contributed by atoms with Crippen LogP contribution in [0.25, 0.3) is 21.7 Å². The maximum Gasteiger partial charge on any atom is 0.312 e. The van der Waals surface area contributed by atoms with Crippen LogP contribution in [0.1, 0.15) is 12.0 Å². The lowest BCUT2D eigenvalue weighted by Gasteiger charge is -2.09. The topological polar surface area (TPSA) is 70.4 Å². The van der Waals surface area contributed by atoms with Gasteiger partial charge in [0.15, 0.2) is 0 Å². The average molecular weight is 388 g/mol. The molecule has 0 aliphatic heterocycles. The molecule has 0 aliphatic rings. The van der Waals surface area contributed by atoms with Crippen LogP contribution >= 0.6 is 0 Å². The molecule has 0 unspecified atom stereocenters. The molecule has 6 heteroatoms. The summed E-state index contributed by atoms with van der Waals surface area (Å²) in [6, 6.07) is 16.6. The Labute approximate surface area is 167 Å². The van der Waals surface area contributed by atoms with Crippen LogP contribution in [-0.2, 0) is 11.3 Å². The van der Waals surface area contributed by atoms with Crippen LogP contribution in [0.2, 0.25) is 0 Å². The summed E-state index contributed by atoms with van der Waals surface area (Å²) in [6.45, 7) is 2.12. The number of methoxy groups -OCH3 is 1. The van der Waals surface area contributed by atoms with Crippen LogP contribution in [0.5, 0.6) is 11.5 Å². The van der Waals surface area contributed by atoms with E-state index >= 15 is 0 Å². The fraction of sp³-hybridized carbons (Fsp3) is 0.174. The molecule has 4 rings (SSSR count). The van der Waals surface area contributed by atoms with Crippen molar-refractivity contribution >= 4 is 27.6 Å². The fourth-order valence-electron chi connectivity index (χ4n) is 3.28. The van der Waals surface area contributed by atoms with Gasteiger partial charge in [0.1, 0.15) is 11.5 Å². The summed E-state index contributed by atoms with van der Waals surface area (Å²) in [7, 11) is 1.61. The van der Waals surface area contributed by atoms with Gasteiger partial charge in [-0.05, 0) is 53.6 Å². The van der Waals surface area contributed by atoms with Crippen molar-refractivity contribution in [1.82, 2.24) is 9.55 Å². The molecule has 0 fully saturated rings. The number of esters is 1. The SMILES string of the molecule is COc1ccc2ccc(OC(=O)CCn3cnc4c(C)cccc4c3=O)cc2c1. The van der Waals surface area contributed by atoms with Crippen LogP contribution in [0.4, 0.5) is 0 Å². The Balaban J connectivity index is 1.48. The third-order valence-electron chi connectivity index (χ3n) is 4.86. The third-order valence-corrected chi connectivity index (χ3v) is 4.86. The predicted molar refractivity (Wildman–Crippen MR) is 111 cm³/mol. The molecule has 0 amide bonds. The molecule has 0 saturated heterocycles. The number of carbonyl (C=O) groups excluding carboxylic acids is 1. The van der Waals surface area contributed by atoms with Crippen molar-refractivity contribution in [3.8, 4) is 11.5 Å². The van der Waals surface area contributed by atoms with E-state index in [1.807, 2.05) is 43.3 Å². The van der Waals surface area contributed by atoms with E-state index in [1.165, 1.54) is 10.9 Å². The number of nitrogens with zero attached hydrogens (tertiary/aromatic N) is 2. The zero-order valence-electron chi connectivity index (χ0n) is 16.2. The monoisotopic (exact) mass is 388 g/mol. The van der Waals surface area contributed by atoms with Crippen LogP contribution in [0, 0.1) is 6.92 Å². The smallest absolute Gasteiger partial charge is 0.312 e. The molecule has 0 N–H and O–H groups in total. The van der Waals surface area contributed by atoms with Crippen molar-refractivity contribution in [1.29, 1.82) is 0 Å². The summed E-state index contributed by atoms with van der Waals surface area (Å²) in [5.41, 5.74) is 1.46. The number of para-hydroxylation sites is 1. The van der Waals surface area contributed by atoms with E-state index in [0.29, 0.717) is 16.7 Å². The number of hydrogen-bond acceptors (Lipinski definition) is 5. The first-order valence-electron chi connectivity index (χ1n) is 9.28. The Hall–Kier alpha value is -3.67. The highest BCUT2D eigenvalue weighted by atomic mass is 16.5. The van der Waals surface area contributed by atoms with Gasteiger partial charge in [0.05, 0.1) is 30.8 Å². The molecular formula is C23H20N2O4. The third kappa shape index (κ3) is 3.82. The number of aryl methyl sites for hydroxylation is 2. The van der Waals surface area contributed by atoms with E-state index in [1.54, 1.807) is 25.3 Å². The highest BCUT2D eigenvalue weighted by molar-refractivity contribution is 5.86. The van der Waals surface area contributed by atoms with Gasteiger partial charge in [-0.1, -0.05) is 24.3 Å². The standard InChI is InChI=1S/C23H20N2O4/c1-15-4-3-5-20-22(15)24-14-25(23(20)27)11-10-21(26)29-19-9-7-16-6-8-18(28-2)12-17(16)13-19/h3-9,12-14H,10-11H2,1-2H3. The summed E-state index contributed by atoms with van der Waals surface area (Å²) >= 11 is 0. The lowest BCUT2D eigenvalue weighted by atomic mass is 10.1. The molecule has 0 radical (unpaired) electrons. The molecule has 0 aliphatic carbocycles. The molecule has 6 nitrogen and oxygen atoms in total. The van der Waals surface area contributed by atoms with Gasteiger partial charge in [-0.2, -0.15) is 0 Å². The van der Waals surface area contributed by atoms with Crippen molar-refractivity contribution in [2.24, 2.45) is 0 Å². The number of ether oxygens (including phenoxy) is 2. The van der Waals surface area contributed by atoms with Gasteiger partial charge in [-0.3, -0.25) is 14.2 Å². The number of aromatic nitrogens is 2. The number of hydrogen-bond donors (Lipinski definition) is 0. The largest absolute Gasteiger partial charge is 0.497 e. The Kier molecular flexibility index (Phi) is 4.99. The molecule has 29 heavy (non-hydrogen) atoms. The number of benzene rings is 3. The summed E-state index contributed by atoms with van der Waals surface area (Å²) < 4.78 is 12.1. The molecule has 0 bridgehead atoms. The second kappa shape index (κ2) is 7.75. The Morgan fingerprint density at radius 1 is 1.03 bits per heavy atom. The second-order valence-corrected chi connectivity index (χ2v) is 6.81. The predicted octanol–water partition coefficient (Wildman–Crippen LogP) is 3.86. The lowest BCUT2D eigenvalue weighted by Crippen LogP contribution is -2.23. The first kappa shape index (κ1) is 18.7. The van der Waals surface area contributed by atoms with Gasteiger partial charge in [0.25, 0.3) is 5.56 Å². The van der Waals surface area contributed by atoms with Crippen molar-refractivity contribution in [2.45, 2.75) is 19.9 Å². The molecular weight excluding hydrogens is 368 g/mol. The van der Waals surface area contributed by atoms with E-state index in [-0.39, 0.29) is 18.5 Å². The molecule has 146 valence electrons. The van der Waals surface area contributed by atoms with Gasteiger partial charge in [0, 0.05) is 6.54 Å². The summed E-state index contributed by atoms with van der Waals surface area (Å²) in [5.74, 6) is 0.776. The van der Waals surface area contributed by atoms with Crippen LogP contribution < -0.4 is 15.0 Å². The number of rotatable bonds is 5. The van der Waals surface area contributed by atoms with Crippen molar-refractivity contribution in [3.05, 3.63) is 76.8 Å². The molecule has 1 aromatic heterocycles. The lowest BCUT2D eigenvalue weighted by molar-refractivity contribution is -0.134. The van der Waals surface area contributed by atoms with E-state index < -0.39 is 5.97 Å². The van der Waals surface area contributed by atoms with E-state index in [0.717, 1.165) is 22.1 Å². The minimum absolute atomic E-state index is 0.0645. The van der Waals surface area contributed by atoms with Crippen molar-refractivity contribution in [3.63, 3.8) is 0 Å². The molecule has 0 saturated carbocycles. The molecule has 4 aromatic rings. The fourth-order valence-corrected chi connectivity index (χ4v) is 3.28. The second-order valence-electron chi connectivity index (χ2n) is 6.81. The first-order chi connectivity index (χ1) is 14.0. The Morgan fingerprint density at radius 3 is 2.59 bits per heavy atom. The Bertz CT molecular complexity index is 1280. The zero-order chi connectivity index (χ0) is 20.4. The van der Waals surface area contributed by atoms with E-state index in [2.05, 4.69) is 4.98 Å². The minimum Gasteiger partial charge on any atom is -0.497 e. The zero-order valence-corrected chi connectivity index (χ0v) is 16.2. The highest BCUT2D eigenvalue weighted by Gasteiger charge is 2.10. The van der Waals surface area contributed by atoms with Crippen molar-refractivity contribution in [2.75, 3.05) is 7.11 Å². The summed E-state index contributed by atoms with van der Waals surface area (Å²) in [4.78, 5) is 29.3. The molecule has 0 atom stereocenters. The normalized spacial score (nSPS) is 11.0. The summed E-state index contributed by atoms with van der Waals surface area (Å²) in [5, 5.41) is 2.49. The Morgan fingerprint density at radius 2 is 1.79 bits per heavy atom. The molecule has 1 heterocycles. The first-order valence-corrected chi connectivity index (χ1v) is 9.28. The van der Waals surface area contributed by atoms with Crippen LogP contribution in [-0.4, -0.2) is 22.6 Å². The van der Waals surface area contributed by atoms with Crippen molar-refractivity contribution < 1.29 is 14.3 Å². The summed E-state index contributed by atoms with van der Waals surface area (Å²) in [6.07, 6.45) is 1.54. The minimum atomic E-state index is -0.413. The highest BCUT2D eigenvalue weighted by Crippen LogP contribution is 2.25. The number of carbonyl (C=O) groups is 1. The van der Waals surface area contributed by atoms with Crippen LogP contribution in [0.15, 0.2) is 65.7 Å². The van der Waals surface area contributed by atoms with Gasteiger partial charge in [-0.25, -0.2) is 4.98 Å². The molecule has 0 spiro atoms. The molecule has 3 aromatic carbocycles. The average Bonchev–Trinajstić information content (AvgIpc) is 2.73. The van der Waals surface area contributed by atoms with E-state index in [4.69, 9.17) is 9.47 Å². The van der Waals surface area contributed by atoms with Gasteiger partial charge in [-0.15, -0.1) is 0 Å². The van der Waals surface area contributed by atoms with E-state index in [9.17, 15) is 9.59 Å². The maximum atomic E-state index is 12.6. The van der Waals surface area contributed by atoms with Gasteiger partial charge in [0.2, 0.25) is 0 Å². The van der Waals surface area contributed by atoms with Gasteiger partial charge < -0.3 is 9.47 Å². The van der Waals surface area contributed by atoms with Gasteiger partial charge >= 0.3 is 5.97 Å². The van der Waals surface area contributed by atoms with Crippen LogP contribution in [0.3, 0.4) is 0 Å².